The number of nitrogens with one attached hydrogen (secondary N) is 1. The summed E-state index contributed by atoms with van der Waals surface area (Å²) in [5.74, 6) is 1.78. The van der Waals surface area contributed by atoms with Crippen LogP contribution in [0.4, 0.5) is 4.79 Å². The Morgan fingerprint density at radius 3 is 2.41 bits per heavy atom. The maximum absolute atomic E-state index is 12.0. The van der Waals surface area contributed by atoms with Gasteiger partial charge >= 0.3 is 12.1 Å². The van der Waals surface area contributed by atoms with Crippen molar-refractivity contribution in [3.63, 3.8) is 0 Å². The van der Waals surface area contributed by atoms with Crippen molar-refractivity contribution < 1.29 is 23.5 Å². The fourth-order valence-corrected chi connectivity index (χ4v) is 4.86. The van der Waals surface area contributed by atoms with Crippen molar-refractivity contribution in [2.24, 2.45) is 0 Å². The monoisotopic (exact) mass is 460 g/mol. The molecule has 0 unspecified atom stereocenters. The highest BCUT2D eigenvalue weighted by atomic mass is 32.2. The lowest BCUT2D eigenvalue weighted by atomic mass is 9.95. The second-order valence-corrected chi connectivity index (χ2v) is 10.3. The number of carbonyl (C=O) groups excluding carboxylic acids is 2. The van der Waals surface area contributed by atoms with E-state index in [0.717, 1.165) is 48.5 Å². The zero-order valence-corrected chi connectivity index (χ0v) is 20.2. The topological polar surface area (TPSA) is 90.7 Å². The molecule has 1 aromatic heterocycles. The molecule has 32 heavy (non-hydrogen) atoms. The van der Waals surface area contributed by atoms with Crippen LogP contribution in [-0.4, -0.2) is 41.0 Å². The van der Waals surface area contributed by atoms with Gasteiger partial charge in [-0.1, -0.05) is 0 Å². The van der Waals surface area contributed by atoms with Crippen LogP contribution in [0.15, 0.2) is 28.7 Å². The number of alkyl carbamates (subject to hydrolysis) is 1. The molecular weight excluding hydrogens is 428 g/mol. The van der Waals surface area contributed by atoms with Crippen LogP contribution in [0, 0.1) is 6.92 Å². The molecule has 7 nitrogen and oxygen atoms in total. The highest BCUT2D eigenvalue weighted by molar-refractivity contribution is 7.99. The maximum Gasteiger partial charge on any atom is 0.407 e. The van der Waals surface area contributed by atoms with Crippen LogP contribution in [0.5, 0.6) is 0 Å². The van der Waals surface area contributed by atoms with E-state index < -0.39 is 5.60 Å². The number of aromatic nitrogens is 1. The summed E-state index contributed by atoms with van der Waals surface area (Å²) in [7, 11) is 1.36. The van der Waals surface area contributed by atoms with Gasteiger partial charge in [-0.05, 0) is 77.6 Å². The average molecular weight is 461 g/mol. The highest BCUT2D eigenvalue weighted by Gasteiger charge is 2.25. The van der Waals surface area contributed by atoms with Crippen LogP contribution >= 0.6 is 11.8 Å². The van der Waals surface area contributed by atoms with Crippen molar-refractivity contribution in [3.8, 4) is 11.5 Å². The normalized spacial score (nSPS) is 18.8. The molecular formula is C24H32N2O5S. The third-order valence-corrected chi connectivity index (χ3v) is 6.68. The average Bonchev–Trinajstić information content (AvgIpc) is 3.12. The van der Waals surface area contributed by atoms with E-state index in [2.05, 4.69) is 10.3 Å². The number of benzene rings is 1. The second-order valence-electron chi connectivity index (χ2n) is 9.02. The molecule has 1 N–H and O–H groups in total. The van der Waals surface area contributed by atoms with Crippen LogP contribution in [0.3, 0.4) is 0 Å². The van der Waals surface area contributed by atoms with Crippen LogP contribution < -0.4 is 5.32 Å². The Kier molecular flexibility index (Phi) is 7.87. The second kappa shape index (κ2) is 10.4. The van der Waals surface area contributed by atoms with E-state index >= 15 is 0 Å². The molecule has 1 saturated carbocycles. The smallest absolute Gasteiger partial charge is 0.407 e. The molecule has 1 heterocycles. The summed E-state index contributed by atoms with van der Waals surface area (Å²) in [6.07, 6.45) is 3.66. The predicted molar refractivity (Wildman–Crippen MR) is 125 cm³/mol. The molecule has 0 bridgehead atoms. The first-order valence-corrected chi connectivity index (χ1v) is 12.0. The number of thioether (sulfide) groups is 1. The highest BCUT2D eigenvalue weighted by Crippen LogP contribution is 2.32. The number of rotatable bonds is 6. The Balaban J connectivity index is 1.48. The number of ether oxygens (including phenoxy) is 2. The van der Waals surface area contributed by atoms with E-state index in [1.165, 1.54) is 7.11 Å². The van der Waals surface area contributed by atoms with E-state index in [1.807, 2.05) is 51.6 Å². The van der Waals surface area contributed by atoms with Gasteiger partial charge in [0, 0.05) is 22.6 Å². The molecule has 174 valence electrons. The molecule has 1 aliphatic rings. The molecule has 0 aliphatic heterocycles. The molecule has 0 atom stereocenters. The quantitative estimate of drug-likeness (QED) is 0.569. The Morgan fingerprint density at radius 1 is 1.16 bits per heavy atom. The van der Waals surface area contributed by atoms with Crippen molar-refractivity contribution >= 4 is 23.8 Å². The van der Waals surface area contributed by atoms with Gasteiger partial charge in [-0.15, -0.1) is 0 Å². The van der Waals surface area contributed by atoms with Gasteiger partial charge < -0.3 is 19.2 Å². The number of hydrogen-bond acceptors (Lipinski definition) is 7. The van der Waals surface area contributed by atoms with Gasteiger partial charge in [0.25, 0.3) is 0 Å². The van der Waals surface area contributed by atoms with Crippen molar-refractivity contribution in [1.29, 1.82) is 0 Å². The Morgan fingerprint density at radius 2 is 1.81 bits per heavy atom. The third kappa shape index (κ3) is 6.76. The van der Waals surface area contributed by atoms with Crippen LogP contribution in [0.2, 0.25) is 0 Å². The SMILES string of the molecule is COC(=O)c1ccc(-c2nc(CS[C@H]3CC[C@@H](NC(=O)OC(C)(C)C)CC3)c(C)o2)cc1. The van der Waals surface area contributed by atoms with Gasteiger partial charge in [-0.3, -0.25) is 0 Å². The number of oxazole rings is 1. The van der Waals surface area contributed by atoms with E-state index in [-0.39, 0.29) is 18.1 Å². The van der Waals surface area contributed by atoms with Crippen LogP contribution in [0.25, 0.3) is 11.5 Å². The fraction of sp³-hybridized carbons (Fsp3) is 0.542. The van der Waals surface area contributed by atoms with Crippen LogP contribution in [0.1, 0.15) is 68.3 Å². The number of amides is 1. The Labute approximate surface area is 193 Å². The van der Waals surface area contributed by atoms with Gasteiger partial charge in [0.2, 0.25) is 5.89 Å². The molecule has 1 aromatic carbocycles. The minimum atomic E-state index is -0.477. The van der Waals surface area contributed by atoms with Crippen molar-refractivity contribution in [2.45, 2.75) is 76.0 Å². The maximum atomic E-state index is 12.0. The lowest BCUT2D eigenvalue weighted by Gasteiger charge is -2.29. The number of hydrogen-bond donors (Lipinski definition) is 1. The lowest BCUT2D eigenvalue weighted by Crippen LogP contribution is -2.41. The largest absolute Gasteiger partial charge is 0.465 e. The summed E-state index contributed by atoms with van der Waals surface area (Å²) in [6, 6.07) is 7.22. The van der Waals surface area contributed by atoms with Crippen LogP contribution in [-0.2, 0) is 15.2 Å². The van der Waals surface area contributed by atoms with E-state index in [9.17, 15) is 9.59 Å². The molecule has 0 saturated heterocycles. The number of carbonyl (C=O) groups is 2. The van der Waals surface area contributed by atoms with E-state index in [1.54, 1.807) is 12.1 Å². The third-order valence-electron chi connectivity index (χ3n) is 5.30. The summed E-state index contributed by atoms with van der Waals surface area (Å²) < 4.78 is 15.9. The molecule has 0 radical (unpaired) electrons. The molecule has 1 aliphatic carbocycles. The summed E-state index contributed by atoms with van der Waals surface area (Å²) in [5, 5.41) is 3.52. The minimum Gasteiger partial charge on any atom is -0.465 e. The van der Waals surface area contributed by atoms with Gasteiger partial charge in [0.1, 0.15) is 11.4 Å². The summed E-state index contributed by atoms with van der Waals surface area (Å²) >= 11 is 1.89. The van der Waals surface area contributed by atoms with Gasteiger partial charge in [0.05, 0.1) is 18.4 Å². The number of aryl methyl sites for hydroxylation is 1. The Hall–Kier alpha value is -2.48. The molecule has 3 rings (SSSR count). The zero-order valence-electron chi connectivity index (χ0n) is 19.4. The fourth-order valence-electron chi connectivity index (χ4n) is 3.60. The summed E-state index contributed by atoms with van der Waals surface area (Å²) in [4.78, 5) is 28.2. The number of methoxy groups -OCH3 is 1. The number of nitrogens with zero attached hydrogens (tertiary/aromatic N) is 1. The first-order valence-electron chi connectivity index (χ1n) is 10.9. The molecule has 1 fully saturated rings. The lowest BCUT2D eigenvalue weighted by molar-refractivity contribution is 0.0492. The zero-order chi connectivity index (χ0) is 23.3. The van der Waals surface area contributed by atoms with Gasteiger partial charge in [-0.25, -0.2) is 14.6 Å². The molecule has 0 spiro atoms. The number of esters is 1. The van der Waals surface area contributed by atoms with Crippen molar-refractivity contribution in [3.05, 3.63) is 41.3 Å². The predicted octanol–water partition coefficient (Wildman–Crippen LogP) is 5.51. The molecule has 1 amide bonds. The first-order chi connectivity index (χ1) is 15.1. The first kappa shape index (κ1) is 24.2. The molecule has 2 aromatic rings. The van der Waals surface area contributed by atoms with E-state index in [4.69, 9.17) is 13.9 Å². The van der Waals surface area contributed by atoms with Gasteiger partial charge in [0.15, 0.2) is 0 Å². The minimum absolute atomic E-state index is 0.176. The summed E-state index contributed by atoms with van der Waals surface area (Å²) in [6.45, 7) is 7.54. The molecule has 8 heteroatoms. The standard InChI is InChI=1S/C24H32N2O5S/c1-15-20(26-21(30-15)16-6-8-17(9-7-16)22(27)29-5)14-32-19-12-10-18(11-13-19)25-23(28)31-24(2,3)4/h6-9,18-19H,10-14H2,1-5H3,(H,25,28)/t18-,19+. The summed E-state index contributed by atoms with van der Waals surface area (Å²) in [5.41, 5.74) is 1.78. The van der Waals surface area contributed by atoms with Gasteiger partial charge in [-0.2, -0.15) is 11.8 Å². The van der Waals surface area contributed by atoms with Crippen molar-refractivity contribution in [2.75, 3.05) is 7.11 Å². The van der Waals surface area contributed by atoms with E-state index in [0.29, 0.717) is 16.7 Å². The van der Waals surface area contributed by atoms with Crippen molar-refractivity contribution in [1.82, 2.24) is 10.3 Å². The Bertz CT molecular complexity index is 925.